The lowest BCUT2D eigenvalue weighted by Crippen LogP contribution is -2.55. The van der Waals surface area contributed by atoms with E-state index in [4.69, 9.17) is 9.15 Å². The van der Waals surface area contributed by atoms with Crippen molar-refractivity contribution in [3.63, 3.8) is 0 Å². The van der Waals surface area contributed by atoms with Gasteiger partial charge in [-0.2, -0.15) is 0 Å². The predicted molar refractivity (Wildman–Crippen MR) is 138 cm³/mol. The van der Waals surface area contributed by atoms with Crippen molar-refractivity contribution in [1.29, 1.82) is 0 Å². The zero-order valence-corrected chi connectivity index (χ0v) is 22.6. The first-order valence-electron chi connectivity index (χ1n) is 11.4. The molecule has 9 nitrogen and oxygen atoms in total. The molecule has 0 aromatic carbocycles. The Labute approximate surface area is 213 Å². The molecule has 2 aliphatic heterocycles. The molecular formula is C23H38IN5O4. The third-order valence-corrected chi connectivity index (χ3v) is 5.79. The highest BCUT2D eigenvalue weighted by Crippen LogP contribution is 2.36. The summed E-state index contributed by atoms with van der Waals surface area (Å²) in [6.45, 7) is 6.40. The Morgan fingerprint density at radius 2 is 1.91 bits per heavy atom. The average molecular weight is 575 g/mol. The van der Waals surface area contributed by atoms with Gasteiger partial charge in [-0.25, -0.2) is 9.79 Å². The molecule has 10 heteroatoms. The van der Waals surface area contributed by atoms with Crippen LogP contribution in [0.1, 0.15) is 52.2 Å². The monoisotopic (exact) mass is 575 g/mol. The van der Waals surface area contributed by atoms with E-state index in [9.17, 15) is 9.59 Å². The van der Waals surface area contributed by atoms with E-state index in [1.54, 1.807) is 20.4 Å². The van der Waals surface area contributed by atoms with Crippen LogP contribution in [0.2, 0.25) is 0 Å². The van der Waals surface area contributed by atoms with Gasteiger partial charge in [-0.15, -0.1) is 24.0 Å². The topological polar surface area (TPSA) is 99.4 Å². The summed E-state index contributed by atoms with van der Waals surface area (Å²) < 4.78 is 11.0. The summed E-state index contributed by atoms with van der Waals surface area (Å²) in [4.78, 5) is 32.7. The van der Waals surface area contributed by atoms with Crippen LogP contribution in [0.4, 0.5) is 4.79 Å². The Bertz CT molecular complexity index is 792. The van der Waals surface area contributed by atoms with E-state index in [0.29, 0.717) is 12.5 Å². The number of rotatable bonds is 6. The van der Waals surface area contributed by atoms with Gasteiger partial charge in [0, 0.05) is 45.2 Å². The van der Waals surface area contributed by atoms with Gasteiger partial charge in [-0.3, -0.25) is 4.79 Å². The van der Waals surface area contributed by atoms with Gasteiger partial charge in [0.25, 0.3) is 0 Å². The molecule has 0 spiro atoms. The first kappa shape index (κ1) is 27.3. The van der Waals surface area contributed by atoms with Crippen molar-refractivity contribution in [2.75, 3.05) is 27.2 Å². The number of hydrogen-bond donors (Lipinski definition) is 2. The van der Waals surface area contributed by atoms with Crippen molar-refractivity contribution in [3.8, 4) is 0 Å². The molecule has 186 valence electrons. The Balaban J connectivity index is 0.00000385. The minimum Gasteiger partial charge on any atom is -0.469 e. The zero-order valence-electron chi connectivity index (χ0n) is 20.3. The quantitative estimate of drug-likeness (QED) is 0.308. The third-order valence-electron chi connectivity index (χ3n) is 5.79. The van der Waals surface area contributed by atoms with Gasteiger partial charge in [0.05, 0.1) is 6.26 Å². The van der Waals surface area contributed by atoms with Crippen LogP contribution in [0.5, 0.6) is 0 Å². The molecule has 2 N–H and O–H groups in total. The van der Waals surface area contributed by atoms with Crippen LogP contribution in [-0.2, 0) is 16.0 Å². The maximum atomic E-state index is 12.7. The lowest BCUT2D eigenvalue weighted by Gasteiger charge is -2.40. The van der Waals surface area contributed by atoms with Crippen molar-refractivity contribution in [1.82, 2.24) is 20.4 Å². The first-order valence-corrected chi connectivity index (χ1v) is 11.4. The van der Waals surface area contributed by atoms with E-state index in [0.717, 1.165) is 37.9 Å². The molecule has 3 rings (SSSR count). The molecule has 33 heavy (non-hydrogen) atoms. The van der Waals surface area contributed by atoms with Gasteiger partial charge >= 0.3 is 6.09 Å². The summed E-state index contributed by atoms with van der Waals surface area (Å²) in [7, 11) is 3.44. The maximum absolute atomic E-state index is 12.7. The van der Waals surface area contributed by atoms with Crippen molar-refractivity contribution < 1.29 is 18.7 Å². The lowest BCUT2D eigenvalue weighted by atomic mass is 9.98. The summed E-state index contributed by atoms with van der Waals surface area (Å²) in [5.74, 6) is 1.45. The van der Waals surface area contributed by atoms with Gasteiger partial charge in [0.15, 0.2) is 5.96 Å². The van der Waals surface area contributed by atoms with Crippen LogP contribution in [-0.4, -0.2) is 78.7 Å². The van der Waals surface area contributed by atoms with Gasteiger partial charge in [0.2, 0.25) is 5.91 Å². The van der Waals surface area contributed by atoms with Crippen molar-refractivity contribution in [2.24, 2.45) is 4.99 Å². The number of likely N-dealkylation sites (N-methyl/N-ethyl adjacent to an activating group) is 1. The molecule has 1 aromatic rings. The lowest BCUT2D eigenvalue weighted by molar-refractivity contribution is -0.127. The summed E-state index contributed by atoms with van der Waals surface area (Å²) in [5.41, 5.74) is -0.498. The highest BCUT2D eigenvalue weighted by Gasteiger charge is 2.45. The molecule has 2 saturated heterocycles. The van der Waals surface area contributed by atoms with Crippen molar-refractivity contribution >= 4 is 41.9 Å². The minimum absolute atomic E-state index is 0. The van der Waals surface area contributed by atoms with Crippen LogP contribution in [0.3, 0.4) is 0 Å². The number of carbonyl (C=O) groups is 2. The number of guanidine groups is 1. The van der Waals surface area contributed by atoms with E-state index >= 15 is 0 Å². The van der Waals surface area contributed by atoms with Crippen LogP contribution in [0, 0.1) is 0 Å². The molecule has 0 radical (unpaired) electrons. The van der Waals surface area contributed by atoms with Crippen LogP contribution >= 0.6 is 24.0 Å². The van der Waals surface area contributed by atoms with Crippen LogP contribution < -0.4 is 10.6 Å². The van der Waals surface area contributed by atoms with Crippen molar-refractivity contribution in [3.05, 3.63) is 24.2 Å². The number of ether oxygens (including phenoxy) is 1. The summed E-state index contributed by atoms with van der Waals surface area (Å²) in [6, 6.07) is 4.30. The second-order valence-corrected chi connectivity index (χ2v) is 9.79. The molecule has 3 heterocycles. The van der Waals surface area contributed by atoms with Gasteiger partial charge in [-0.1, -0.05) is 0 Å². The number of aliphatic imine (C=N–C) groups is 1. The molecule has 1 aromatic heterocycles. The van der Waals surface area contributed by atoms with E-state index in [1.165, 1.54) is 4.90 Å². The Kier molecular flexibility index (Phi) is 9.86. The van der Waals surface area contributed by atoms with E-state index in [1.807, 2.05) is 37.8 Å². The van der Waals surface area contributed by atoms with Crippen LogP contribution in [0.25, 0.3) is 0 Å². The molecule has 2 bridgehead atoms. The highest BCUT2D eigenvalue weighted by atomic mass is 127. The number of furan rings is 1. The van der Waals surface area contributed by atoms with Crippen LogP contribution in [0.15, 0.2) is 27.8 Å². The number of hydrogen-bond acceptors (Lipinski definition) is 5. The number of nitrogens with one attached hydrogen (secondary N) is 2. The second-order valence-electron chi connectivity index (χ2n) is 9.79. The fraction of sp³-hybridized carbons (Fsp3) is 0.696. The first-order chi connectivity index (χ1) is 15.1. The van der Waals surface area contributed by atoms with Gasteiger partial charge < -0.3 is 29.6 Å². The Hall–Kier alpha value is -1.98. The Morgan fingerprint density at radius 1 is 1.24 bits per heavy atom. The second kappa shape index (κ2) is 11.9. The summed E-state index contributed by atoms with van der Waals surface area (Å²) in [6.07, 6.45) is 5.79. The minimum atomic E-state index is -0.498. The largest absolute Gasteiger partial charge is 0.469 e. The third kappa shape index (κ3) is 8.08. The molecule has 2 amide bonds. The molecular weight excluding hydrogens is 537 g/mol. The zero-order chi connectivity index (χ0) is 23.3. The van der Waals surface area contributed by atoms with Gasteiger partial charge in [-0.05, 0) is 58.6 Å². The van der Waals surface area contributed by atoms with E-state index < -0.39 is 5.60 Å². The summed E-state index contributed by atoms with van der Waals surface area (Å²) in [5, 5.41) is 6.82. The predicted octanol–water partition coefficient (Wildman–Crippen LogP) is 2.99. The number of carbonyl (C=O) groups excluding carboxylic acids is 2. The fourth-order valence-corrected chi connectivity index (χ4v) is 4.30. The number of piperidine rings is 1. The molecule has 2 fully saturated rings. The highest BCUT2D eigenvalue weighted by molar-refractivity contribution is 14.0. The smallest absolute Gasteiger partial charge is 0.410 e. The molecule has 2 atom stereocenters. The Morgan fingerprint density at radius 3 is 2.45 bits per heavy atom. The molecule has 2 unspecified atom stereocenters. The normalized spacial score (nSPS) is 22.4. The molecule has 0 aliphatic carbocycles. The van der Waals surface area contributed by atoms with E-state index in [-0.39, 0.29) is 60.6 Å². The molecule has 2 aliphatic rings. The summed E-state index contributed by atoms with van der Waals surface area (Å²) >= 11 is 0. The number of halogens is 1. The van der Waals surface area contributed by atoms with Crippen molar-refractivity contribution in [2.45, 2.75) is 76.6 Å². The number of amides is 2. The number of nitrogens with zero attached hydrogens (tertiary/aromatic N) is 3. The fourth-order valence-electron chi connectivity index (χ4n) is 4.30. The maximum Gasteiger partial charge on any atom is 0.410 e. The SMILES string of the molecule is CN(C)C(=O)CN=C(NCCc1ccco1)NC1CC2CCC(C1)N2C(=O)OC(C)(C)C.I. The van der Waals surface area contributed by atoms with E-state index in [2.05, 4.69) is 15.6 Å². The standard InChI is InChI=1S/C23H37N5O4.HI/c1-23(2,3)32-22(30)28-17-8-9-18(28)14-16(13-17)26-21(25-15-20(29)27(4)5)24-11-10-19-7-6-12-31-19;/h6-7,12,16-18H,8-11,13-15H2,1-5H3,(H2,24,25,26);1H. The van der Waals surface area contributed by atoms with Gasteiger partial charge in [0.1, 0.15) is 17.9 Å². The average Bonchev–Trinajstić information content (AvgIpc) is 3.30. The molecule has 0 saturated carbocycles. The number of fused-ring (bicyclic) bond motifs is 2.